The van der Waals surface area contributed by atoms with Crippen molar-refractivity contribution in [3.8, 4) is 11.4 Å². The van der Waals surface area contributed by atoms with E-state index >= 15 is 0 Å². The Bertz CT molecular complexity index is 1880. The van der Waals surface area contributed by atoms with Crippen molar-refractivity contribution in [3.05, 3.63) is 78.1 Å². The maximum Gasteiger partial charge on any atom is 0.341 e. The number of nitrogens with one attached hydrogen (secondary N) is 3. The monoisotopic (exact) mass is 593 g/mol. The Hall–Kier alpha value is -5.05. The Morgan fingerprint density at radius 2 is 1.79 bits per heavy atom. The first-order valence-corrected chi connectivity index (χ1v) is 14.1. The van der Waals surface area contributed by atoms with E-state index in [2.05, 4.69) is 25.9 Å². The molecule has 15 heteroatoms. The molecule has 214 valence electrons. The minimum absolute atomic E-state index is 0.0267. The highest BCUT2D eigenvalue weighted by Crippen LogP contribution is 2.30. The summed E-state index contributed by atoms with van der Waals surface area (Å²) in [4.78, 5) is 51.2. The van der Waals surface area contributed by atoms with Crippen LogP contribution in [0.2, 0.25) is 0 Å². The van der Waals surface area contributed by atoms with E-state index in [9.17, 15) is 31.6 Å². The van der Waals surface area contributed by atoms with Gasteiger partial charge in [-0.1, -0.05) is 12.1 Å². The normalized spacial score (nSPS) is 15.9. The van der Waals surface area contributed by atoms with Gasteiger partial charge in [-0.15, -0.1) is 0 Å². The van der Waals surface area contributed by atoms with Crippen LogP contribution < -0.4 is 20.9 Å². The van der Waals surface area contributed by atoms with E-state index in [0.717, 1.165) is 17.5 Å². The molecular weight excluding hydrogens is 572 g/mol. The fourth-order valence-corrected chi connectivity index (χ4v) is 5.51. The van der Waals surface area contributed by atoms with Gasteiger partial charge in [0.1, 0.15) is 5.82 Å². The van der Waals surface area contributed by atoms with Crippen LogP contribution in [0.25, 0.3) is 22.3 Å². The van der Waals surface area contributed by atoms with E-state index in [1.54, 1.807) is 30.5 Å². The lowest BCUT2D eigenvalue weighted by atomic mass is 9.90. The topological polar surface area (TPSA) is 163 Å². The number of hydrogen-bond acceptors (Lipinski definition) is 9. The minimum Gasteiger partial charge on any atom is -0.351 e. The molecule has 1 aromatic carbocycles. The lowest BCUT2D eigenvalue weighted by Gasteiger charge is -2.45. The number of urea groups is 1. The summed E-state index contributed by atoms with van der Waals surface area (Å²) < 4.78 is 49.3. The van der Waals surface area contributed by atoms with Crippen LogP contribution in [-0.2, 0) is 21.2 Å². The smallest absolute Gasteiger partial charge is 0.341 e. The number of pyridine rings is 3. The second kappa shape index (κ2) is 10.1. The SMILES string of the molecule is O=C1NC(=O)C2(CN(c3cccc(-c4ccc5cnc(CNC(=O)c6cccc(S(=O)(=O)C(F)F)c6)cc5n4)n3)C2)N1. The van der Waals surface area contributed by atoms with E-state index in [-0.39, 0.29) is 18.0 Å². The molecule has 0 bridgehead atoms. The first-order valence-electron chi connectivity index (χ1n) is 12.6. The highest BCUT2D eigenvalue weighted by molar-refractivity contribution is 7.91. The Morgan fingerprint density at radius 3 is 2.52 bits per heavy atom. The zero-order chi connectivity index (χ0) is 29.6. The van der Waals surface area contributed by atoms with Gasteiger partial charge >= 0.3 is 11.8 Å². The lowest BCUT2D eigenvalue weighted by molar-refractivity contribution is -0.124. The van der Waals surface area contributed by atoms with Gasteiger partial charge in [-0.3, -0.25) is 19.9 Å². The molecule has 5 heterocycles. The number of alkyl halides is 2. The van der Waals surface area contributed by atoms with E-state index in [0.29, 0.717) is 41.5 Å². The number of anilines is 1. The summed E-state index contributed by atoms with van der Waals surface area (Å²) in [6.07, 6.45) is 1.59. The predicted molar refractivity (Wildman–Crippen MR) is 145 cm³/mol. The van der Waals surface area contributed by atoms with E-state index < -0.39 is 38.0 Å². The van der Waals surface area contributed by atoms with Gasteiger partial charge in [0.15, 0.2) is 5.54 Å². The van der Waals surface area contributed by atoms with Gasteiger partial charge in [0.05, 0.1) is 47.1 Å². The molecule has 0 aliphatic carbocycles. The zero-order valence-corrected chi connectivity index (χ0v) is 22.4. The van der Waals surface area contributed by atoms with Gasteiger partial charge in [0.25, 0.3) is 11.8 Å². The number of benzene rings is 1. The fourth-order valence-electron chi connectivity index (χ4n) is 4.75. The summed E-state index contributed by atoms with van der Waals surface area (Å²) in [6, 6.07) is 14.6. The molecule has 12 nitrogen and oxygen atoms in total. The largest absolute Gasteiger partial charge is 0.351 e. The number of sulfone groups is 1. The number of imide groups is 1. The summed E-state index contributed by atoms with van der Waals surface area (Å²) in [7, 11) is -4.84. The molecule has 4 amide bonds. The molecule has 42 heavy (non-hydrogen) atoms. The number of halogens is 2. The highest BCUT2D eigenvalue weighted by atomic mass is 32.2. The van der Waals surface area contributed by atoms with Crippen molar-refractivity contribution >= 4 is 44.4 Å². The fraction of sp³-hybridized carbons (Fsp3) is 0.185. The first kappa shape index (κ1) is 27.1. The summed E-state index contributed by atoms with van der Waals surface area (Å²) in [6.45, 7) is 0.555. The predicted octanol–water partition coefficient (Wildman–Crippen LogP) is 2.02. The molecule has 2 aliphatic heterocycles. The third kappa shape index (κ3) is 4.87. The van der Waals surface area contributed by atoms with Crippen LogP contribution in [-0.4, -0.2) is 65.6 Å². The first-order chi connectivity index (χ1) is 20.0. The maximum absolute atomic E-state index is 12.9. The second-order valence-corrected chi connectivity index (χ2v) is 11.7. The molecule has 2 fully saturated rings. The third-order valence-electron chi connectivity index (χ3n) is 6.98. The Morgan fingerprint density at radius 1 is 1.02 bits per heavy atom. The average Bonchev–Trinajstić information content (AvgIpc) is 3.28. The van der Waals surface area contributed by atoms with Crippen molar-refractivity contribution in [3.63, 3.8) is 0 Å². The van der Waals surface area contributed by atoms with Crippen molar-refractivity contribution < 1.29 is 31.6 Å². The van der Waals surface area contributed by atoms with Crippen LogP contribution in [0.5, 0.6) is 0 Å². The number of carbonyl (C=O) groups excluding carboxylic acids is 3. The molecule has 2 aliphatic rings. The number of hydrogen-bond donors (Lipinski definition) is 3. The molecule has 2 saturated heterocycles. The second-order valence-electron chi connectivity index (χ2n) is 9.81. The quantitative estimate of drug-likeness (QED) is 0.272. The number of amides is 4. The Kier molecular flexibility index (Phi) is 6.52. The van der Waals surface area contributed by atoms with Crippen LogP contribution in [0.3, 0.4) is 0 Å². The molecule has 0 radical (unpaired) electrons. The molecule has 1 spiro atoms. The number of fused-ring (bicyclic) bond motifs is 1. The standard InChI is InChI=1S/C27H21F2N7O5S/c28-25(29)42(40,41)18-4-1-3-15(9-18)23(37)31-12-17-10-21-16(11-30-17)7-8-20(32-21)19-5-2-6-22(33-19)36-13-27(14-36)24(38)34-26(39)35-27/h1-11,25H,12-14H2,(H,31,37)(H2,34,35,38,39). The van der Waals surface area contributed by atoms with Gasteiger partial charge in [-0.2, -0.15) is 8.78 Å². The molecule has 3 aromatic heterocycles. The van der Waals surface area contributed by atoms with E-state index in [1.807, 2.05) is 17.0 Å². The summed E-state index contributed by atoms with van der Waals surface area (Å²) >= 11 is 0. The Labute approximate surface area is 237 Å². The van der Waals surface area contributed by atoms with Crippen molar-refractivity contribution in [1.82, 2.24) is 30.9 Å². The van der Waals surface area contributed by atoms with Gasteiger partial charge in [0, 0.05) is 17.1 Å². The van der Waals surface area contributed by atoms with Crippen LogP contribution in [0, 0.1) is 0 Å². The van der Waals surface area contributed by atoms with Crippen molar-refractivity contribution in [1.29, 1.82) is 0 Å². The average molecular weight is 594 g/mol. The lowest BCUT2D eigenvalue weighted by Crippen LogP contribution is -2.71. The number of rotatable bonds is 7. The van der Waals surface area contributed by atoms with Crippen LogP contribution in [0.1, 0.15) is 16.1 Å². The molecule has 0 saturated carbocycles. The number of aromatic nitrogens is 3. The van der Waals surface area contributed by atoms with Crippen molar-refractivity contribution in [2.75, 3.05) is 18.0 Å². The highest BCUT2D eigenvalue weighted by Gasteiger charge is 2.55. The van der Waals surface area contributed by atoms with Gasteiger partial charge in [-0.05, 0) is 48.5 Å². The number of carbonyl (C=O) groups is 3. The van der Waals surface area contributed by atoms with Gasteiger partial charge in [0.2, 0.25) is 9.84 Å². The maximum atomic E-state index is 12.9. The van der Waals surface area contributed by atoms with Crippen LogP contribution in [0.4, 0.5) is 19.4 Å². The molecule has 0 unspecified atom stereocenters. The third-order valence-corrected chi connectivity index (χ3v) is 8.36. The molecule has 4 aromatic rings. The number of nitrogens with zero attached hydrogens (tertiary/aromatic N) is 4. The molecule has 0 atom stereocenters. The van der Waals surface area contributed by atoms with E-state index in [4.69, 9.17) is 4.98 Å². The summed E-state index contributed by atoms with van der Waals surface area (Å²) in [5, 5.41) is 8.26. The van der Waals surface area contributed by atoms with Crippen LogP contribution in [0.15, 0.2) is 71.8 Å². The zero-order valence-electron chi connectivity index (χ0n) is 21.5. The van der Waals surface area contributed by atoms with Crippen molar-refractivity contribution in [2.24, 2.45) is 0 Å². The summed E-state index contributed by atoms with van der Waals surface area (Å²) in [5.74, 6) is -3.99. The Balaban J connectivity index is 1.16. The van der Waals surface area contributed by atoms with E-state index in [1.165, 1.54) is 12.1 Å². The van der Waals surface area contributed by atoms with Crippen LogP contribution >= 0.6 is 0 Å². The molecule has 6 rings (SSSR count). The van der Waals surface area contributed by atoms with Gasteiger partial charge in [-0.25, -0.2) is 23.2 Å². The summed E-state index contributed by atoms with van der Waals surface area (Å²) in [5.41, 5.74) is 1.16. The van der Waals surface area contributed by atoms with Gasteiger partial charge < -0.3 is 15.5 Å². The van der Waals surface area contributed by atoms with Crippen molar-refractivity contribution in [2.45, 2.75) is 22.7 Å². The minimum atomic E-state index is -4.84. The molecular formula is C27H21F2N7O5S. The molecule has 3 N–H and O–H groups in total.